The van der Waals surface area contributed by atoms with Gasteiger partial charge in [-0.05, 0) is 23.8 Å². The second-order valence-corrected chi connectivity index (χ2v) is 5.84. The minimum absolute atomic E-state index is 0.0423. The highest BCUT2D eigenvalue weighted by atomic mass is 35.5. The minimum atomic E-state index is -0.0423. The van der Waals surface area contributed by atoms with Crippen molar-refractivity contribution in [3.63, 3.8) is 0 Å². The second-order valence-electron chi connectivity index (χ2n) is 5.43. The predicted octanol–water partition coefficient (Wildman–Crippen LogP) is 2.77. The Hall–Kier alpha value is -2.27. The Labute approximate surface area is 140 Å². The maximum Gasteiger partial charge on any atom is 0.317 e. The number of nitrogens with zero attached hydrogens (tertiary/aromatic N) is 3. The lowest BCUT2D eigenvalue weighted by atomic mass is 10.2. The van der Waals surface area contributed by atoms with Crippen LogP contribution in [0.2, 0.25) is 5.02 Å². The molecule has 1 N–H and O–H groups in total. The Bertz CT molecular complexity index is 657. The molecular formula is C17H19ClN4O. The van der Waals surface area contributed by atoms with Gasteiger partial charge in [0.05, 0.1) is 0 Å². The van der Waals surface area contributed by atoms with Gasteiger partial charge in [0.1, 0.15) is 0 Å². The summed E-state index contributed by atoms with van der Waals surface area (Å²) < 4.78 is 0. The van der Waals surface area contributed by atoms with Gasteiger partial charge in [-0.3, -0.25) is 4.98 Å². The minimum Gasteiger partial charge on any atom is -0.368 e. The molecule has 0 saturated carbocycles. The van der Waals surface area contributed by atoms with Crippen LogP contribution in [0.1, 0.15) is 5.56 Å². The fraction of sp³-hybridized carbons (Fsp3) is 0.294. The number of nitrogens with one attached hydrogen (secondary N) is 1. The molecule has 0 unspecified atom stereocenters. The SMILES string of the molecule is O=C(NCc1ccccc1Cl)N1CCN(c2ccncc2)CC1. The molecule has 0 bridgehead atoms. The molecule has 1 aromatic heterocycles. The highest BCUT2D eigenvalue weighted by Crippen LogP contribution is 2.16. The third-order valence-corrected chi connectivity index (χ3v) is 4.35. The van der Waals surface area contributed by atoms with E-state index in [-0.39, 0.29) is 6.03 Å². The van der Waals surface area contributed by atoms with Gasteiger partial charge >= 0.3 is 6.03 Å². The number of benzene rings is 1. The van der Waals surface area contributed by atoms with Crippen LogP contribution in [0.5, 0.6) is 0 Å². The summed E-state index contributed by atoms with van der Waals surface area (Å²) in [6.07, 6.45) is 3.58. The molecule has 1 fully saturated rings. The molecule has 2 heterocycles. The summed E-state index contributed by atoms with van der Waals surface area (Å²) in [4.78, 5) is 20.4. The van der Waals surface area contributed by atoms with Crippen LogP contribution in [0.25, 0.3) is 0 Å². The smallest absolute Gasteiger partial charge is 0.317 e. The zero-order chi connectivity index (χ0) is 16.1. The third-order valence-electron chi connectivity index (χ3n) is 3.98. The van der Waals surface area contributed by atoms with E-state index >= 15 is 0 Å². The summed E-state index contributed by atoms with van der Waals surface area (Å²) in [5.74, 6) is 0. The van der Waals surface area contributed by atoms with E-state index in [0.29, 0.717) is 24.7 Å². The molecule has 1 aliphatic heterocycles. The summed E-state index contributed by atoms with van der Waals surface area (Å²) in [6.45, 7) is 3.50. The highest BCUT2D eigenvalue weighted by molar-refractivity contribution is 6.31. The first-order valence-corrected chi connectivity index (χ1v) is 8.03. The van der Waals surface area contributed by atoms with Gasteiger partial charge in [0, 0.05) is 55.8 Å². The molecule has 1 aliphatic rings. The van der Waals surface area contributed by atoms with Gasteiger partial charge in [-0.1, -0.05) is 29.8 Å². The summed E-state index contributed by atoms with van der Waals surface area (Å²) in [5, 5.41) is 3.61. The lowest BCUT2D eigenvalue weighted by molar-refractivity contribution is 0.194. The molecule has 1 saturated heterocycles. The van der Waals surface area contributed by atoms with Gasteiger partial charge < -0.3 is 15.1 Å². The van der Waals surface area contributed by atoms with E-state index in [1.165, 1.54) is 0 Å². The number of rotatable bonds is 3. The van der Waals surface area contributed by atoms with Gasteiger partial charge in [-0.15, -0.1) is 0 Å². The normalized spacial score (nSPS) is 14.7. The van der Waals surface area contributed by atoms with Crippen LogP contribution in [0.15, 0.2) is 48.8 Å². The van der Waals surface area contributed by atoms with E-state index in [1.54, 1.807) is 12.4 Å². The van der Waals surface area contributed by atoms with E-state index in [9.17, 15) is 4.79 Å². The fourth-order valence-electron chi connectivity index (χ4n) is 2.65. The summed E-state index contributed by atoms with van der Waals surface area (Å²) in [5.41, 5.74) is 2.08. The van der Waals surface area contributed by atoms with Crippen molar-refractivity contribution in [2.24, 2.45) is 0 Å². The summed E-state index contributed by atoms with van der Waals surface area (Å²) in [7, 11) is 0. The maximum absolute atomic E-state index is 12.3. The van der Waals surface area contributed by atoms with E-state index in [4.69, 9.17) is 11.6 Å². The molecule has 0 atom stereocenters. The van der Waals surface area contributed by atoms with E-state index in [0.717, 1.165) is 24.3 Å². The first-order chi connectivity index (χ1) is 11.2. The number of pyridine rings is 1. The van der Waals surface area contributed by atoms with Crippen LogP contribution in [0, 0.1) is 0 Å². The number of urea groups is 1. The Morgan fingerprint density at radius 2 is 1.78 bits per heavy atom. The van der Waals surface area contributed by atoms with Crippen molar-refractivity contribution in [2.75, 3.05) is 31.1 Å². The van der Waals surface area contributed by atoms with Crippen LogP contribution in [-0.2, 0) is 6.54 Å². The number of aromatic nitrogens is 1. The van der Waals surface area contributed by atoms with Crippen molar-refractivity contribution < 1.29 is 4.79 Å². The molecule has 6 heteroatoms. The van der Waals surface area contributed by atoms with E-state index in [2.05, 4.69) is 15.2 Å². The molecule has 2 amide bonds. The Morgan fingerprint density at radius 3 is 2.48 bits per heavy atom. The van der Waals surface area contributed by atoms with Gasteiger partial charge in [0.2, 0.25) is 0 Å². The van der Waals surface area contributed by atoms with Crippen molar-refractivity contribution in [2.45, 2.75) is 6.54 Å². The molecule has 5 nitrogen and oxygen atoms in total. The Balaban J connectivity index is 1.50. The third kappa shape index (κ3) is 3.93. The van der Waals surface area contributed by atoms with Crippen molar-refractivity contribution in [1.29, 1.82) is 0 Å². The lowest BCUT2D eigenvalue weighted by Crippen LogP contribution is -2.51. The number of amides is 2. The van der Waals surface area contributed by atoms with Crippen LogP contribution in [0.4, 0.5) is 10.5 Å². The van der Waals surface area contributed by atoms with Gasteiger partial charge in [0.25, 0.3) is 0 Å². The largest absolute Gasteiger partial charge is 0.368 e. The molecule has 2 aromatic rings. The van der Waals surface area contributed by atoms with Crippen LogP contribution in [0.3, 0.4) is 0 Å². The van der Waals surface area contributed by atoms with Crippen molar-refractivity contribution in [3.05, 3.63) is 59.4 Å². The molecule has 0 spiro atoms. The van der Waals surface area contributed by atoms with E-state index < -0.39 is 0 Å². The van der Waals surface area contributed by atoms with Crippen molar-refractivity contribution >= 4 is 23.3 Å². The number of hydrogen-bond acceptors (Lipinski definition) is 3. The lowest BCUT2D eigenvalue weighted by Gasteiger charge is -2.36. The van der Waals surface area contributed by atoms with Crippen molar-refractivity contribution in [3.8, 4) is 0 Å². The molecule has 1 aromatic carbocycles. The number of piperazine rings is 1. The van der Waals surface area contributed by atoms with Crippen LogP contribution in [-0.4, -0.2) is 42.1 Å². The van der Waals surface area contributed by atoms with Gasteiger partial charge in [-0.2, -0.15) is 0 Å². The standard InChI is InChI=1S/C17H19ClN4O/c18-16-4-2-1-3-14(16)13-20-17(23)22-11-9-21(10-12-22)15-5-7-19-8-6-15/h1-8H,9-13H2,(H,20,23). The van der Waals surface area contributed by atoms with Crippen molar-refractivity contribution in [1.82, 2.24) is 15.2 Å². The molecular weight excluding hydrogens is 312 g/mol. The first-order valence-electron chi connectivity index (χ1n) is 7.65. The maximum atomic E-state index is 12.3. The molecule has 120 valence electrons. The average molecular weight is 331 g/mol. The number of hydrogen-bond donors (Lipinski definition) is 1. The first kappa shape index (κ1) is 15.6. The van der Waals surface area contributed by atoms with Gasteiger partial charge in [0.15, 0.2) is 0 Å². The zero-order valence-electron chi connectivity index (χ0n) is 12.8. The fourth-order valence-corrected chi connectivity index (χ4v) is 2.85. The number of halogens is 1. The molecule has 23 heavy (non-hydrogen) atoms. The molecule has 0 radical (unpaired) electrons. The van der Waals surface area contributed by atoms with Crippen LogP contribution >= 0.6 is 11.6 Å². The molecule has 0 aliphatic carbocycles. The monoisotopic (exact) mass is 330 g/mol. The average Bonchev–Trinajstić information content (AvgIpc) is 2.62. The Kier molecular flexibility index (Phi) is 4.98. The van der Waals surface area contributed by atoms with Gasteiger partial charge in [-0.25, -0.2) is 4.79 Å². The number of carbonyl (C=O) groups is 1. The number of anilines is 1. The summed E-state index contributed by atoms with van der Waals surface area (Å²) in [6, 6.07) is 11.5. The predicted molar refractivity (Wildman–Crippen MR) is 91.7 cm³/mol. The molecule has 3 rings (SSSR count). The zero-order valence-corrected chi connectivity index (χ0v) is 13.5. The van der Waals surface area contributed by atoms with E-state index in [1.807, 2.05) is 41.3 Å². The van der Waals surface area contributed by atoms with Crippen LogP contribution < -0.4 is 10.2 Å². The highest BCUT2D eigenvalue weighted by Gasteiger charge is 2.21. The summed E-state index contributed by atoms with van der Waals surface area (Å²) >= 11 is 6.10. The Morgan fingerprint density at radius 1 is 1.09 bits per heavy atom. The quantitative estimate of drug-likeness (QED) is 0.941. The topological polar surface area (TPSA) is 48.5 Å². The second kappa shape index (κ2) is 7.33. The number of carbonyl (C=O) groups excluding carboxylic acids is 1.